The second-order valence-corrected chi connectivity index (χ2v) is 6.87. The van der Waals surface area contributed by atoms with Crippen molar-refractivity contribution in [3.05, 3.63) is 84.0 Å². The van der Waals surface area contributed by atoms with Crippen LogP contribution in [0.15, 0.2) is 72.8 Å². The molecule has 1 N–H and O–H groups in total. The van der Waals surface area contributed by atoms with E-state index in [4.69, 9.17) is 9.47 Å². The number of benzene rings is 2. The van der Waals surface area contributed by atoms with Crippen molar-refractivity contribution in [2.24, 2.45) is 0 Å². The molecular weight excluding hydrogens is 382 g/mol. The molecule has 0 saturated carbocycles. The van der Waals surface area contributed by atoms with Crippen LogP contribution in [0.5, 0.6) is 5.75 Å². The molecule has 1 saturated heterocycles. The predicted octanol–water partition coefficient (Wildman–Crippen LogP) is 3.71. The Morgan fingerprint density at radius 1 is 1.13 bits per heavy atom. The number of likely N-dealkylation sites (tertiary alicyclic amines) is 1. The summed E-state index contributed by atoms with van der Waals surface area (Å²) < 4.78 is 10.6. The fraction of sp³-hybridized carbons (Fsp3) is 0.250. The molecule has 1 atom stereocenters. The van der Waals surface area contributed by atoms with Gasteiger partial charge in [0.15, 0.2) is 0 Å². The number of hydrogen-bond donors (Lipinski definition) is 1. The molecule has 0 spiro atoms. The van der Waals surface area contributed by atoms with Crippen LogP contribution in [0.1, 0.15) is 23.6 Å². The molecule has 2 aromatic rings. The number of Topliss-reactive ketones (excluding diaryl/α,β-unsaturated/α-hetero) is 1. The van der Waals surface area contributed by atoms with Crippen molar-refractivity contribution in [2.75, 3.05) is 26.9 Å². The lowest BCUT2D eigenvalue weighted by Crippen LogP contribution is -2.31. The average Bonchev–Trinajstić information content (AvgIpc) is 3.03. The fourth-order valence-electron chi connectivity index (χ4n) is 3.49. The number of ether oxygens (including phenoxy) is 2. The van der Waals surface area contributed by atoms with Crippen molar-refractivity contribution in [2.45, 2.75) is 12.5 Å². The Morgan fingerprint density at radius 3 is 2.47 bits per heavy atom. The van der Waals surface area contributed by atoms with Gasteiger partial charge in [0.2, 0.25) is 0 Å². The van der Waals surface area contributed by atoms with E-state index in [2.05, 4.69) is 6.58 Å². The highest BCUT2D eigenvalue weighted by Crippen LogP contribution is 2.39. The Labute approximate surface area is 176 Å². The predicted molar refractivity (Wildman–Crippen MR) is 114 cm³/mol. The van der Waals surface area contributed by atoms with Crippen LogP contribution in [-0.2, 0) is 14.3 Å². The van der Waals surface area contributed by atoms with Gasteiger partial charge in [0.25, 0.3) is 11.7 Å². The van der Waals surface area contributed by atoms with Gasteiger partial charge in [0.05, 0.1) is 11.6 Å². The van der Waals surface area contributed by atoms with Gasteiger partial charge in [-0.15, -0.1) is 0 Å². The number of hydrogen-bond acceptors (Lipinski definition) is 5. The van der Waals surface area contributed by atoms with Gasteiger partial charge in [0.1, 0.15) is 18.1 Å². The molecule has 0 radical (unpaired) electrons. The summed E-state index contributed by atoms with van der Waals surface area (Å²) >= 11 is 0. The van der Waals surface area contributed by atoms with E-state index in [1.807, 2.05) is 6.07 Å². The summed E-state index contributed by atoms with van der Waals surface area (Å²) in [5.74, 6) is -0.843. The first-order valence-corrected chi connectivity index (χ1v) is 9.75. The van der Waals surface area contributed by atoms with Crippen LogP contribution in [0.4, 0.5) is 0 Å². The quantitative estimate of drug-likeness (QED) is 0.225. The maximum absolute atomic E-state index is 12.9. The second-order valence-electron chi connectivity index (χ2n) is 6.87. The van der Waals surface area contributed by atoms with Crippen molar-refractivity contribution in [3.63, 3.8) is 0 Å². The molecule has 6 heteroatoms. The molecule has 0 aliphatic carbocycles. The highest BCUT2D eigenvalue weighted by atomic mass is 16.5. The lowest BCUT2D eigenvalue weighted by Gasteiger charge is -2.25. The van der Waals surface area contributed by atoms with Crippen molar-refractivity contribution in [1.29, 1.82) is 0 Å². The summed E-state index contributed by atoms with van der Waals surface area (Å²) in [7, 11) is 1.59. The summed E-state index contributed by atoms with van der Waals surface area (Å²) in [6.45, 7) is 4.80. The van der Waals surface area contributed by atoms with Crippen molar-refractivity contribution >= 4 is 17.4 Å². The number of ketones is 1. The smallest absolute Gasteiger partial charge is 0.295 e. The van der Waals surface area contributed by atoms with Crippen LogP contribution in [0.2, 0.25) is 0 Å². The van der Waals surface area contributed by atoms with E-state index in [1.54, 1.807) is 61.7 Å². The van der Waals surface area contributed by atoms with Gasteiger partial charge in [-0.25, -0.2) is 0 Å². The van der Waals surface area contributed by atoms with Gasteiger partial charge in [-0.3, -0.25) is 9.59 Å². The topological polar surface area (TPSA) is 76.1 Å². The van der Waals surface area contributed by atoms with Crippen LogP contribution < -0.4 is 4.74 Å². The van der Waals surface area contributed by atoms with Crippen LogP contribution in [0.25, 0.3) is 5.76 Å². The van der Waals surface area contributed by atoms with E-state index in [9.17, 15) is 14.7 Å². The minimum absolute atomic E-state index is 0.0865. The average molecular weight is 407 g/mol. The van der Waals surface area contributed by atoms with Crippen LogP contribution in [-0.4, -0.2) is 48.6 Å². The number of carbonyl (C=O) groups excluding carboxylic acids is 2. The zero-order valence-corrected chi connectivity index (χ0v) is 16.9. The van der Waals surface area contributed by atoms with E-state index >= 15 is 0 Å². The Balaban J connectivity index is 2.04. The van der Waals surface area contributed by atoms with Gasteiger partial charge < -0.3 is 19.5 Å². The molecule has 156 valence electrons. The van der Waals surface area contributed by atoms with E-state index in [-0.39, 0.29) is 11.3 Å². The molecule has 30 heavy (non-hydrogen) atoms. The standard InChI is InChI=1S/C24H25NO5/c1-3-15-30-19-12-10-17(11-13-19)21-20(22(26)18-8-5-4-6-9-18)23(27)24(28)25(21)14-7-16-29-2/h3-6,8-13,21,26H,1,7,14-16H2,2H3/b22-20+. The molecule has 3 rings (SSSR count). The van der Waals surface area contributed by atoms with Crippen molar-refractivity contribution in [3.8, 4) is 5.75 Å². The van der Waals surface area contributed by atoms with Gasteiger partial charge in [-0.2, -0.15) is 0 Å². The summed E-state index contributed by atoms with van der Waals surface area (Å²) in [5, 5.41) is 10.9. The Kier molecular flexibility index (Phi) is 7.03. The third kappa shape index (κ3) is 4.44. The van der Waals surface area contributed by atoms with Gasteiger partial charge >= 0.3 is 0 Å². The summed E-state index contributed by atoms with van der Waals surface area (Å²) in [5.41, 5.74) is 1.29. The second kappa shape index (κ2) is 9.89. The molecule has 1 amide bonds. The zero-order chi connectivity index (χ0) is 21.5. The highest BCUT2D eigenvalue weighted by Gasteiger charge is 2.45. The zero-order valence-electron chi connectivity index (χ0n) is 16.9. The highest BCUT2D eigenvalue weighted by molar-refractivity contribution is 6.46. The first-order valence-electron chi connectivity index (χ1n) is 9.75. The Hall–Kier alpha value is -3.38. The monoisotopic (exact) mass is 407 g/mol. The van der Waals surface area contributed by atoms with Gasteiger partial charge in [0, 0.05) is 25.8 Å². The third-order valence-electron chi connectivity index (χ3n) is 4.90. The fourth-order valence-corrected chi connectivity index (χ4v) is 3.49. The van der Waals surface area contributed by atoms with Crippen molar-refractivity contribution < 1.29 is 24.2 Å². The SMILES string of the molecule is C=CCOc1ccc(C2/C(=C(\O)c3ccccc3)C(=O)C(=O)N2CCCOC)cc1. The molecule has 2 aromatic carbocycles. The molecular formula is C24H25NO5. The number of carbonyl (C=O) groups is 2. The first-order chi connectivity index (χ1) is 14.6. The minimum atomic E-state index is -0.689. The molecule has 0 aromatic heterocycles. The summed E-state index contributed by atoms with van der Waals surface area (Å²) in [6, 6.07) is 15.2. The van der Waals surface area contributed by atoms with Crippen LogP contribution in [0.3, 0.4) is 0 Å². The molecule has 1 fully saturated rings. The summed E-state index contributed by atoms with van der Waals surface area (Å²) in [6.07, 6.45) is 2.23. The van der Waals surface area contributed by atoms with Gasteiger partial charge in [-0.1, -0.05) is 55.1 Å². The maximum Gasteiger partial charge on any atom is 0.295 e. The lowest BCUT2D eigenvalue weighted by atomic mass is 9.95. The minimum Gasteiger partial charge on any atom is -0.507 e. The molecule has 0 bridgehead atoms. The van der Waals surface area contributed by atoms with E-state index in [0.717, 1.165) is 5.56 Å². The number of methoxy groups -OCH3 is 1. The molecule has 6 nitrogen and oxygen atoms in total. The van der Waals surface area contributed by atoms with Crippen molar-refractivity contribution in [1.82, 2.24) is 4.90 Å². The number of amides is 1. The molecule has 1 unspecified atom stereocenters. The van der Waals surface area contributed by atoms with E-state index in [1.165, 1.54) is 4.90 Å². The molecule has 1 heterocycles. The maximum atomic E-state index is 12.9. The summed E-state index contributed by atoms with van der Waals surface area (Å²) in [4.78, 5) is 27.2. The Bertz CT molecular complexity index is 934. The van der Waals surface area contributed by atoms with E-state index in [0.29, 0.717) is 37.5 Å². The molecule has 1 aliphatic rings. The lowest BCUT2D eigenvalue weighted by molar-refractivity contribution is -0.140. The van der Waals surface area contributed by atoms with Crippen LogP contribution >= 0.6 is 0 Å². The Morgan fingerprint density at radius 2 is 1.83 bits per heavy atom. The third-order valence-corrected chi connectivity index (χ3v) is 4.90. The first kappa shape index (κ1) is 21.3. The van der Waals surface area contributed by atoms with E-state index < -0.39 is 17.7 Å². The van der Waals surface area contributed by atoms with Crippen LogP contribution in [0, 0.1) is 0 Å². The number of aliphatic hydroxyl groups excluding tert-OH is 1. The normalized spacial score (nSPS) is 17.9. The van der Waals surface area contributed by atoms with Gasteiger partial charge in [-0.05, 0) is 24.1 Å². The number of nitrogens with zero attached hydrogens (tertiary/aromatic N) is 1. The number of aliphatic hydroxyl groups is 1. The largest absolute Gasteiger partial charge is 0.507 e. The number of rotatable bonds is 9. The molecule has 1 aliphatic heterocycles.